The van der Waals surface area contributed by atoms with Crippen LogP contribution in [0.1, 0.15) is 18.4 Å². The molecule has 2 heterocycles. The summed E-state index contributed by atoms with van der Waals surface area (Å²) in [6.45, 7) is 0.210. The highest BCUT2D eigenvalue weighted by molar-refractivity contribution is 5.38. The first-order valence-electron chi connectivity index (χ1n) is 4.75. The lowest BCUT2D eigenvalue weighted by molar-refractivity contribution is 0.254. The SMILES string of the molecule is OCC1(c2cnc3ccnn3c2)CC1. The minimum absolute atomic E-state index is 0.0207. The van der Waals surface area contributed by atoms with Crippen molar-refractivity contribution < 1.29 is 5.11 Å². The second-order valence-electron chi connectivity index (χ2n) is 3.92. The molecule has 0 aliphatic heterocycles. The number of fused-ring (bicyclic) bond motifs is 1. The molecule has 0 amide bonds. The van der Waals surface area contributed by atoms with Gasteiger partial charge in [-0.15, -0.1) is 0 Å². The summed E-state index contributed by atoms with van der Waals surface area (Å²) in [5.41, 5.74) is 1.92. The first kappa shape index (κ1) is 7.94. The molecule has 0 spiro atoms. The third-order valence-electron chi connectivity index (χ3n) is 3.02. The highest BCUT2D eigenvalue weighted by Crippen LogP contribution is 2.47. The van der Waals surface area contributed by atoms with Crippen molar-refractivity contribution >= 4 is 5.65 Å². The van der Waals surface area contributed by atoms with E-state index >= 15 is 0 Å². The van der Waals surface area contributed by atoms with Gasteiger partial charge in [0, 0.05) is 23.9 Å². The minimum atomic E-state index is -0.0207. The maximum Gasteiger partial charge on any atom is 0.154 e. The van der Waals surface area contributed by atoms with E-state index in [2.05, 4.69) is 10.1 Å². The van der Waals surface area contributed by atoms with Gasteiger partial charge >= 0.3 is 0 Å². The molecule has 4 heteroatoms. The van der Waals surface area contributed by atoms with Gasteiger partial charge < -0.3 is 5.11 Å². The molecule has 4 nitrogen and oxygen atoms in total. The van der Waals surface area contributed by atoms with Gasteiger partial charge in [-0.1, -0.05) is 0 Å². The largest absolute Gasteiger partial charge is 0.395 e. The molecule has 2 aromatic rings. The van der Waals surface area contributed by atoms with Gasteiger partial charge in [0.05, 0.1) is 12.8 Å². The summed E-state index contributed by atoms with van der Waals surface area (Å²) in [5, 5.41) is 13.4. The van der Waals surface area contributed by atoms with Crippen LogP contribution in [-0.2, 0) is 5.41 Å². The maximum atomic E-state index is 9.28. The summed E-state index contributed by atoms with van der Waals surface area (Å²) in [6.07, 6.45) is 7.65. The van der Waals surface area contributed by atoms with E-state index in [1.165, 1.54) is 0 Å². The first-order chi connectivity index (χ1) is 6.84. The van der Waals surface area contributed by atoms with Crippen LogP contribution < -0.4 is 0 Å². The van der Waals surface area contributed by atoms with Crippen LogP contribution in [0.15, 0.2) is 24.7 Å². The van der Waals surface area contributed by atoms with Crippen molar-refractivity contribution in [3.63, 3.8) is 0 Å². The zero-order valence-electron chi connectivity index (χ0n) is 7.72. The summed E-state index contributed by atoms with van der Waals surface area (Å²) in [7, 11) is 0. The van der Waals surface area contributed by atoms with Crippen LogP contribution in [0.25, 0.3) is 5.65 Å². The van der Waals surface area contributed by atoms with Crippen LogP contribution in [0.2, 0.25) is 0 Å². The molecule has 0 radical (unpaired) electrons. The molecule has 1 fully saturated rings. The summed E-state index contributed by atoms with van der Waals surface area (Å²) in [5.74, 6) is 0. The van der Waals surface area contributed by atoms with Gasteiger partial charge in [-0.3, -0.25) is 0 Å². The molecule has 0 atom stereocenters. The number of hydrogen-bond donors (Lipinski definition) is 1. The monoisotopic (exact) mass is 189 g/mol. The first-order valence-corrected chi connectivity index (χ1v) is 4.75. The molecular weight excluding hydrogens is 178 g/mol. The van der Waals surface area contributed by atoms with E-state index < -0.39 is 0 Å². The van der Waals surface area contributed by atoms with Crippen LogP contribution in [0.4, 0.5) is 0 Å². The van der Waals surface area contributed by atoms with Crippen molar-refractivity contribution in [3.05, 3.63) is 30.2 Å². The second-order valence-corrected chi connectivity index (χ2v) is 3.92. The average molecular weight is 189 g/mol. The topological polar surface area (TPSA) is 50.4 Å². The average Bonchev–Trinajstić information content (AvgIpc) is 2.89. The normalized spacial score (nSPS) is 18.6. The van der Waals surface area contributed by atoms with Crippen molar-refractivity contribution in [2.24, 2.45) is 0 Å². The fourth-order valence-corrected chi connectivity index (χ4v) is 1.77. The quantitative estimate of drug-likeness (QED) is 0.758. The molecule has 3 rings (SSSR count). The van der Waals surface area contributed by atoms with Crippen molar-refractivity contribution in [3.8, 4) is 0 Å². The Morgan fingerprint density at radius 3 is 3.07 bits per heavy atom. The summed E-state index contributed by atoms with van der Waals surface area (Å²) in [6, 6.07) is 1.86. The number of aliphatic hydroxyl groups excluding tert-OH is 1. The number of aromatic nitrogens is 3. The van der Waals surface area contributed by atoms with Gasteiger partial charge in [0.15, 0.2) is 5.65 Å². The summed E-state index contributed by atoms with van der Waals surface area (Å²) >= 11 is 0. The van der Waals surface area contributed by atoms with Gasteiger partial charge in [-0.25, -0.2) is 9.50 Å². The molecule has 1 aliphatic rings. The molecular formula is C10H11N3O. The zero-order valence-corrected chi connectivity index (χ0v) is 7.72. The van der Waals surface area contributed by atoms with E-state index in [1.54, 1.807) is 10.7 Å². The minimum Gasteiger partial charge on any atom is -0.395 e. The fourth-order valence-electron chi connectivity index (χ4n) is 1.77. The van der Waals surface area contributed by atoms with Crippen LogP contribution in [0.3, 0.4) is 0 Å². The van der Waals surface area contributed by atoms with E-state index in [0.717, 1.165) is 24.1 Å². The predicted molar refractivity (Wildman–Crippen MR) is 51.0 cm³/mol. The number of rotatable bonds is 2. The molecule has 2 aromatic heterocycles. The third kappa shape index (κ3) is 0.974. The van der Waals surface area contributed by atoms with Crippen molar-refractivity contribution in [2.75, 3.05) is 6.61 Å². The molecule has 0 bridgehead atoms. The van der Waals surface area contributed by atoms with E-state index in [9.17, 15) is 5.11 Å². The molecule has 1 saturated carbocycles. The van der Waals surface area contributed by atoms with Crippen molar-refractivity contribution in [2.45, 2.75) is 18.3 Å². The van der Waals surface area contributed by atoms with Gasteiger partial charge in [-0.2, -0.15) is 5.10 Å². The predicted octanol–water partition coefficient (Wildman–Crippen LogP) is 0.753. The summed E-state index contributed by atoms with van der Waals surface area (Å²) < 4.78 is 1.76. The molecule has 1 aliphatic carbocycles. The fraction of sp³-hybridized carbons (Fsp3) is 0.400. The standard InChI is InChI=1S/C10H11N3O/c14-7-10(2-3-10)8-5-11-9-1-4-12-13(9)6-8/h1,4-6,14H,2-3,7H2. The Bertz CT molecular complexity index is 473. The van der Waals surface area contributed by atoms with Gasteiger partial charge in [-0.05, 0) is 18.4 Å². The lowest BCUT2D eigenvalue weighted by Gasteiger charge is -2.10. The zero-order chi connectivity index (χ0) is 9.60. The maximum absolute atomic E-state index is 9.28. The van der Waals surface area contributed by atoms with Gasteiger partial charge in [0.1, 0.15) is 0 Å². The number of hydrogen-bond acceptors (Lipinski definition) is 3. The Morgan fingerprint density at radius 1 is 1.50 bits per heavy atom. The van der Waals surface area contributed by atoms with Gasteiger partial charge in [0.25, 0.3) is 0 Å². The smallest absolute Gasteiger partial charge is 0.154 e. The van der Waals surface area contributed by atoms with Crippen molar-refractivity contribution in [1.29, 1.82) is 0 Å². The highest BCUT2D eigenvalue weighted by atomic mass is 16.3. The number of nitrogens with zero attached hydrogens (tertiary/aromatic N) is 3. The molecule has 1 N–H and O–H groups in total. The van der Waals surface area contributed by atoms with Crippen LogP contribution >= 0.6 is 0 Å². The Labute approximate surface area is 81.2 Å². The van der Waals surface area contributed by atoms with E-state index in [-0.39, 0.29) is 12.0 Å². The van der Waals surface area contributed by atoms with E-state index in [4.69, 9.17) is 0 Å². The van der Waals surface area contributed by atoms with Crippen LogP contribution in [0, 0.1) is 0 Å². The molecule has 0 aromatic carbocycles. The van der Waals surface area contributed by atoms with E-state index in [0.29, 0.717) is 0 Å². The third-order valence-corrected chi connectivity index (χ3v) is 3.02. The molecule has 14 heavy (non-hydrogen) atoms. The summed E-state index contributed by atoms with van der Waals surface area (Å²) in [4.78, 5) is 4.28. The Balaban J connectivity index is 2.13. The molecule has 0 saturated heterocycles. The lowest BCUT2D eigenvalue weighted by Crippen LogP contribution is -2.13. The Morgan fingerprint density at radius 2 is 2.36 bits per heavy atom. The Kier molecular flexibility index (Phi) is 1.44. The molecule has 72 valence electrons. The Hall–Kier alpha value is -1.42. The van der Waals surface area contributed by atoms with E-state index in [1.807, 2.05) is 18.5 Å². The van der Waals surface area contributed by atoms with Gasteiger partial charge in [0.2, 0.25) is 0 Å². The number of aliphatic hydroxyl groups is 1. The van der Waals surface area contributed by atoms with Crippen LogP contribution in [0.5, 0.6) is 0 Å². The molecule has 0 unspecified atom stereocenters. The van der Waals surface area contributed by atoms with Crippen LogP contribution in [-0.4, -0.2) is 26.3 Å². The second kappa shape index (κ2) is 2.54. The van der Waals surface area contributed by atoms with Crippen molar-refractivity contribution in [1.82, 2.24) is 14.6 Å². The highest BCUT2D eigenvalue weighted by Gasteiger charge is 2.44. The lowest BCUT2D eigenvalue weighted by atomic mass is 10.0.